The van der Waals surface area contributed by atoms with Gasteiger partial charge in [0, 0.05) is 24.7 Å². The minimum Gasteiger partial charge on any atom is -0.380 e. The van der Waals surface area contributed by atoms with Gasteiger partial charge in [-0.2, -0.15) is 0 Å². The molecule has 1 fully saturated rings. The topological polar surface area (TPSA) is 70.2 Å². The molecule has 0 bridgehead atoms. The van der Waals surface area contributed by atoms with Crippen LogP contribution < -0.4 is 16.0 Å². The van der Waals surface area contributed by atoms with Crippen molar-refractivity contribution in [1.29, 1.82) is 0 Å². The smallest absolute Gasteiger partial charge is 0.239 e. The van der Waals surface area contributed by atoms with Crippen LogP contribution in [0.2, 0.25) is 0 Å². The molecular formula is C21H33N3O2. The van der Waals surface area contributed by atoms with Gasteiger partial charge in [0.25, 0.3) is 0 Å². The summed E-state index contributed by atoms with van der Waals surface area (Å²) in [6.45, 7) is 4.84. The highest BCUT2D eigenvalue weighted by molar-refractivity contribution is 5.84. The highest BCUT2D eigenvalue weighted by Gasteiger charge is 2.18. The van der Waals surface area contributed by atoms with E-state index in [-0.39, 0.29) is 24.4 Å². The van der Waals surface area contributed by atoms with Crippen LogP contribution in [0.3, 0.4) is 0 Å². The van der Waals surface area contributed by atoms with Crippen LogP contribution in [-0.4, -0.2) is 30.9 Å². The zero-order valence-electron chi connectivity index (χ0n) is 16.1. The normalized spacial score (nSPS) is 16.1. The molecule has 1 unspecified atom stereocenters. The molecule has 1 aromatic carbocycles. The Kier molecular flexibility index (Phi) is 8.45. The van der Waals surface area contributed by atoms with Crippen LogP contribution >= 0.6 is 0 Å². The molecule has 0 saturated heterocycles. The quantitative estimate of drug-likeness (QED) is 0.633. The van der Waals surface area contributed by atoms with E-state index in [9.17, 15) is 9.59 Å². The lowest BCUT2D eigenvalue weighted by atomic mass is 9.87. The zero-order chi connectivity index (χ0) is 18.8. The molecule has 0 heterocycles. The molecule has 1 atom stereocenters. The van der Waals surface area contributed by atoms with Gasteiger partial charge in [-0.1, -0.05) is 51.3 Å². The van der Waals surface area contributed by atoms with E-state index in [1.165, 1.54) is 19.3 Å². The first kappa shape index (κ1) is 20.3. The summed E-state index contributed by atoms with van der Waals surface area (Å²) in [5, 5.41) is 9.14. The molecular weight excluding hydrogens is 326 g/mol. The Labute approximate surface area is 157 Å². The Hall–Kier alpha value is -2.04. The fourth-order valence-corrected chi connectivity index (χ4v) is 3.39. The molecule has 2 amide bonds. The minimum atomic E-state index is -0.137. The van der Waals surface area contributed by atoms with Gasteiger partial charge in [0.2, 0.25) is 11.8 Å². The molecule has 0 spiro atoms. The lowest BCUT2D eigenvalue weighted by Gasteiger charge is -2.24. The van der Waals surface area contributed by atoms with E-state index in [1.807, 2.05) is 30.3 Å². The van der Waals surface area contributed by atoms with E-state index in [1.54, 1.807) is 0 Å². The summed E-state index contributed by atoms with van der Waals surface area (Å²) < 4.78 is 0. The highest BCUT2D eigenvalue weighted by atomic mass is 16.2. The largest absolute Gasteiger partial charge is 0.380 e. The van der Waals surface area contributed by atoms with Crippen molar-refractivity contribution in [2.75, 3.05) is 18.4 Å². The molecule has 5 heteroatoms. The maximum Gasteiger partial charge on any atom is 0.239 e. The van der Waals surface area contributed by atoms with Gasteiger partial charge < -0.3 is 16.0 Å². The summed E-state index contributed by atoms with van der Waals surface area (Å²) in [5.41, 5.74) is 1.04. The monoisotopic (exact) mass is 359 g/mol. The molecule has 144 valence electrons. The Balaban J connectivity index is 1.67. The zero-order valence-corrected chi connectivity index (χ0v) is 16.1. The summed E-state index contributed by atoms with van der Waals surface area (Å²) in [4.78, 5) is 24.1. The van der Waals surface area contributed by atoms with Gasteiger partial charge in [0.1, 0.15) is 0 Å². The third-order valence-corrected chi connectivity index (χ3v) is 5.09. The second-order valence-electron chi connectivity index (χ2n) is 7.65. The fourth-order valence-electron chi connectivity index (χ4n) is 3.39. The van der Waals surface area contributed by atoms with Crippen molar-refractivity contribution in [1.82, 2.24) is 10.6 Å². The van der Waals surface area contributed by atoms with Gasteiger partial charge in [-0.15, -0.1) is 0 Å². The number of amides is 2. The van der Waals surface area contributed by atoms with Crippen LogP contribution in [0.25, 0.3) is 0 Å². The van der Waals surface area contributed by atoms with Crippen LogP contribution in [-0.2, 0) is 9.59 Å². The van der Waals surface area contributed by atoms with Crippen molar-refractivity contribution in [3.05, 3.63) is 30.3 Å². The number of benzene rings is 1. The first-order chi connectivity index (χ1) is 12.5. The molecule has 0 aliphatic heterocycles. The first-order valence-corrected chi connectivity index (χ1v) is 9.89. The van der Waals surface area contributed by atoms with Crippen molar-refractivity contribution in [2.24, 2.45) is 11.8 Å². The molecule has 1 aromatic rings. The van der Waals surface area contributed by atoms with Crippen molar-refractivity contribution < 1.29 is 9.59 Å². The predicted molar refractivity (Wildman–Crippen MR) is 106 cm³/mol. The molecule has 3 N–H and O–H groups in total. The molecule has 1 saturated carbocycles. The van der Waals surface area contributed by atoms with E-state index in [2.05, 4.69) is 29.8 Å². The van der Waals surface area contributed by atoms with E-state index in [4.69, 9.17) is 0 Å². The number of rotatable bonds is 9. The molecule has 2 rings (SSSR count). The molecule has 0 radical (unpaired) electrons. The van der Waals surface area contributed by atoms with Crippen molar-refractivity contribution in [3.8, 4) is 0 Å². The van der Waals surface area contributed by atoms with Gasteiger partial charge in [-0.25, -0.2) is 0 Å². The average Bonchev–Trinajstić information content (AvgIpc) is 2.65. The summed E-state index contributed by atoms with van der Waals surface area (Å²) in [6, 6.07) is 10.1. The molecule has 1 aliphatic rings. The lowest BCUT2D eigenvalue weighted by Crippen LogP contribution is -2.43. The van der Waals surface area contributed by atoms with Gasteiger partial charge >= 0.3 is 0 Å². The first-order valence-electron chi connectivity index (χ1n) is 9.89. The van der Waals surface area contributed by atoms with E-state index >= 15 is 0 Å². The molecule has 5 nitrogen and oxygen atoms in total. The Morgan fingerprint density at radius 1 is 1.00 bits per heavy atom. The summed E-state index contributed by atoms with van der Waals surface area (Å²) in [7, 11) is 0. The lowest BCUT2D eigenvalue weighted by molar-refractivity contribution is -0.126. The third-order valence-electron chi connectivity index (χ3n) is 5.09. The van der Waals surface area contributed by atoms with Crippen molar-refractivity contribution in [3.63, 3.8) is 0 Å². The third kappa shape index (κ3) is 7.46. The summed E-state index contributed by atoms with van der Waals surface area (Å²) >= 11 is 0. The van der Waals surface area contributed by atoms with Crippen LogP contribution in [0.5, 0.6) is 0 Å². The average molecular weight is 360 g/mol. The molecule has 26 heavy (non-hydrogen) atoms. The standard InChI is InChI=1S/C21H33N3O2/c1-16(2)19(24-18-11-7-4-8-12-18)14-22-21(26)15-23-20(25)13-17-9-5-3-6-10-17/h4,7-8,11-12,16-17,19,24H,3,5-6,9-10,13-15H2,1-2H3,(H,22,26)(H,23,25). The van der Waals surface area contributed by atoms with Crippen LogP contribution in [0.1, 0.15) is 52.4 Å². The van der Waals surface area contributed by atoms with E-state index in [0.717, 1.165) is 18.5 Å². The molecule has 0 aromatic heterocycles. The van der Waals surface area contributed by atoms with E-state index < -0.39 is 0 Å². The Bertz CT molecular complexity index is 554. The van der Waals surface area contributed by atoms with Gasteiger partial charge in [-0.3, -0.25) is 9.59 Å². The van der Waals surface area contributed by atoms with Crippen molar-refractivity contribution >= 4 is 17.5 Å². The number of carbonyl (C=O) groups is 2. The number of nitrogens with one attached hydrogen (secondary N) is 3. The van der Waals surface area contributed by atoms with Crippen LogP contribution in [0.4, 0.5) is 5.69 Å². The van der Waals surface area contributed by atoms with Crippen LogP contribution in [0, 0.1) is 11.8 Å². The minimum absolute atomic E-state index is 0.00475. The predicted octanol–water partition coefficient (Wildman–Crippen LogP) is 3.33. The number of hydrogen-bond acceptors (Lipinski definition) is 3. The number of carbonyl (C=O) groups excluding carboxylic acids is 2. The van der Waals surface area contributed by atoms with Gasteiger partial charge in [0.05, 0.1) is 6.54 Å². The van der Waals surface area contributed by atoms with Gasteiger partial charge in [0.15, 0.2) is 0 Å². The highest BCUT2D eigenvalue weighted by Crippen LogP contribution is 2.25. The number of para-hydroxylation sites is 1. The van der Waals surface area contributed by atoms with Crippen LogP contribution in [0.15, 0.2) is 30.3 Å². The second kappa shape index (κ2) is 10.8. The maximum atomic E-state index is 12.1. The maximum absolute atomic E-state index is 12.1. The van der Waals surface area contributed by atoms with Gasteiger partial charge in [-0.05, 0) is 36.8 Å². The summed E-state index contributed by atoms with van der Waals surface area (Å²) in [5.74, 6) is 0.723. The Morgan fingerprint density at radius 2 is 1.69 bits per heavy atom. The molecule has 1 aliphatic carbocycles. The van der Waals surface area contributed by atoms with E-state index in [0.29, 0.717) is 24.8 Å². The Morgan fingerprint density at radius 3 is 2.35 bits per heavy atom. The second-order valence-corrected chi connectivity index (χ2v) is 7.65. The fraction of sp³-hybridized carbons (Fsp3) is 0.619. The number of anilines is 1. The summed E-state index contributed by atoms with van der Waals surface area (Å²) in [6.07, 6.45) is 6.57. The number of hydrogen-bond donors (Lipinski definition) is 3. The van der Waals surface area contributed by atoms with Crippen molar-refractivity contribution in [2.45, 2.75) is 58.4 Å². The SMILES string of the molecule is CC(C)C(CNC(=O)CNC(=O)CC1CCCCC1)Nc1ccccc1.